The number of carbonyl (C=O) groups is 3. The average Bonchev–Trinajstić information content (AvgIpc) is 3.43. The van der Waals surface area contributed by atoms with E-state index in [0.29, 0.717) is 6.42 Å². The smallest absolute Gasteiger partial charge is 0.413 e. The molecule has 0 fully saturated rings. The summed E-state index contributed by atoms with van der Waals surface area (Å²) in [6, 6.07) is 16.1. The molecule has 1 atom stereocenters. The van der Waals surface area contributed by atoms with E-state index in [1.54, 1.807) is 13.8 Å². The molecule has 2 aromatic carbocycles. The van der Waals surface area contributed by atoms with E-state index in [4.69, 9.17) is 4.74 Å². The fourth-order valence-corrected chi connectivity index (χ4v) is 4.55. The van der Waals surface area contributed by atoms with E-state index in [2.05, 4.69) is 27.8 Å². The first-order chi connectivity index (χ1) is 16.3. The molecule has 1 heterocycles. The van der Waals surface area contributed by atoms with Gasteiger partial charge in [0.25, 0.3) is 5.91 Å². The number of rotatable bonds is 8. The Hall–Kier alpha value is -3.72. The lowest BCUT2D eigenvalue weighted by atomic mass is 9.88. The van der Waals surface area contributed by atoms with E-state index >= 15 is 0 Å². The number of carboxylic acids is 1. The van der Waals surface area contributed by atoms with Gasteiger partial charge in [-0.1, -0.05) is 55.5 Å². The Labute approximate surface area is 201 Å². The van der Waals surface area contributed by atoms with Gasteiger partial charge in [-0.2, -0.15) is 0 Å². The van der Waals surface area contributed by atoms with E-state index in [1.807, 2.05) is 36.4 Å². The molecular weight excluding hydrogens is 454 g/mol. The molecule has 1 aliphatic carbocycles. The van der Waals surface area contributed by atoms with Crippen molar-refractivity contribution >= 4 is 34.4 Å². The van der Waals surface area contributed by atoms with Crippen LogP contribution in [0.2, 0.25) is 0 Å². The molecule has 3 aromatic rings. The number of aliphatic carboxylic acids is 1. The Morgan fingerprint density at radius 3 is 2.29 bits per heavy atom. The number of aromatic nitrogens is 1. The standard InChI is InChI=1S/C25H25N3O5S/c1-3-25(2,22(30)31)14-26-21(29)20-13-34-23(27-20)28-24(32)33-12-19-17-10-6-4-8-15(17)16-9-5-7-11-18(16)19/h4-11,13,19H,3,12,14H2,1-2H3,(H,26,29)(H,30,31)(H,27,28,32). The number of anilines is 1. The van der Waals surface area contributed by atoms with Gasteiger partial charge in [0.15, 0.2) is 5.13 Å². The zero-order valence-corrected chi connectivity index (χ0v) is 19.6. The highest BCUT2D eigenvalue weighted by molar-refractivity contribution is 7.14. The number of nitrogens with one attached hydrogen (secondary N) is 2. The first-order valence-corrected chi connectivity index (χ1v) is 11.8. The fraction of sp³-hybridized carbons (Fsp3) is 0.280. The first kappa shape index (κ1) is 23.4. The van der Waals surface area contributed by atoms with E-state index < -0.39 is 23.4 Å². The van der Waals surface area contributed by atoms with Gasteiger partial charge >= 0.3 is 12.1 Å². The van der Waals surface area contributed by atoms with Crippen LogP contribution in [0.4, 0.5) is 9.93 Å². The predicted molar refractivity (Wildman–Crippen MR) is 129 cm³/mol. The molecule has 34 heavy (non-hydrogen) atoms. The number of thiazole rings is 1. The van der Waals surface area contributed by atoms with Gasteiger partial charge < -0.3 is 15.2 Å². The quantitative estimate of drug-likeness (QED) is 0.430. The minimum atomic E-state index is -1.06. The van der Waals surface area contributed by atoms with Gasteiger partial charge in [-0.05, 0) is 35.6 Å². The van der Waals surface area contributed by atoms with Gasteiger partial charge in [-0.25, -0.2) is 9.78 Å². The monoisotopic (exact) mass is 479 g/mol. The van der Waals surface area contributed by atoms with Crippen LogP contribution in [0, 0.1) is 5.41 Å². The highest BCUT2D eigenvalue weighted by Crippen LogP contribution is 2.44. The van der Waals surface area contributed by atoms with Crippen molar-refractivity contribution in [3.8, 4) is 11.1 Å². The lowest BCUT2D eigenvalue weighted by Crippen LogP contribution is -2.40. The van der Waals surface area contributed by atoms with Crippen LogP contribution in [-0.2, 0) is 9.53 Å². The molecule has 0 saturated heterocycles. The molecular formula is C25H25N3O5S. The predicted octanol–water partition coefficient (Wildman–Crippen LogP) is 4.73. The second kappa shape index (κ2) is 9.64. The average molecular weight is 480 g/mol. The van der Waals surface area contributed by atoms with Crippen molar-refractivity contribution in [2.24, 2.45) is 5.41 Å². The molecule has 1 unspecified atom stereocenters. The number of nitrogens with zero attached hydrogens (tertiary/aromatic N) is 1. The van der Waals surface area contributed by atoms with Crippen LogP contribution >= 0.6 is 11.3 Å². The molecule has 176 valence electrons. The van der Waals surface area contributed by atoms with Crippen LogP contribution in [0.5, 0.6) is 0 Å². The fourth-order valence-electron chi connectivity index (χ4n) is 3.88. The van der Waals surface area contributed by atoms with Gasteiger partial charge in [-0.15, -0.1) is 11.3 Å². The van der Waals surface area contributed by atoms with Crippen LogP contribution in [0.1, 0.15) is 47.8 Å². The highest BCUT2D eigenvalue weighted by atomic mass is 32.1. The van der Waals surface area contributed by atoms with Crippen LogP contribution in [-0.4, -0.2) is 41.2 Å². The molecule has 8 nitrogen and oxygen atoms in total. The zero-order valence-electron chi connectivity index (χ0n) is 18.8. The van der Waals surface area contributed by atoms with Crippen molar-refractivity contribution in [3.63, 3.8) is 0 Å². The Morgan fingerprint density at radius 1 is 1.09 bits per heavy atom. The maximum absolute atomic E-state index is 12.4. The van der Waals surface area contributed by atoms with Crippen molar-refractivity contribution in [1.82, 2.24) is 10.3 Å². The lowest BCUT2D eigenvalue weighted by Gasteiger charge is -2.22. The normalized spacial score (nSPS) is 13.9. The van der Waals surface area contributed by atoms with Crippen molar-refractivity contribution in [2.75, 3.05) is 18.5 Å². The van der Waals surface area contributed by atoms with E-state index in [9.17, 15) is 19.5 Å². The summed E-state index contributed by atoms with van der Waals surface area (Å²) in [7, 11) is 0. The molecule has 1 aliphatic rings. The molecule has 0 spiro atoms. The third-order valence-electron chi connectivity index (χ3n) is 6.23. The van der Waals surface area contributed by atoms with Crippen LogP contribution < -0.4 is 10.6 Å². The maximum Gasteiger partial charge on any atom is 0.413 e. The summed E-state index contributed by atoms with van der Waals surface area (Å²) in [5.74, 6) is -1.54. The molecule has 0 aliphatic heterocycles. The van der Waals surface area contributed by atoms with Crippen molar-refractivity contribution < 1.29 is 24.2 Å². The van der Waals surface area contributed by atoms with Gasteiger partial charge in [0.05, 0.1) is 5.41 Å². The number of hydrogen-bond acceptors (Lipinski definition) is 6. The minimum absolute atomic E-state index is 0.0235. The van der Waals surface area contributed by atoms with Crippen LogP contribution in [0.25, 0.3) is 11.1 Å². The lowest BCUT2D eigenvalue weighted by molar-refractivity contribution is -0.147. The summed E-state index contributed by atoms with van der Waals surface area (Å²) in [4.78, 5) is 40.3. The van der Waals surface area contributed by atoms with Gasteiger partial charge in [0.2, 0.25) is 0 Å². The summed E-state index contributed by atoms with van der Waals surface area (Å²) in [5, 5.41) is 16.2. The van der Waals surface area contributed by atoms with Gasteiger partial charge in [0.1, 0.15) is 12.3 Å². The van der Waals surface area contributed by atoms with Crippen molar-refractivity contribution in [1.29, 1.82) is 0 Å². The summed E-state index contributed by atoms with van der Waals surface area (Å²) in [5.41, 5.74) is 3.56. The molecule has 1 aromatic heterocycles. The molecule has 9 heteroatoms. The number of hydrogen-bond donors (Lipinski definition) is 3. The SMILES string of the molecule is CCC(C)(CNC(=O)c1csc(NC(=O)OCC2c3ccccc3-c3ccccc32)n1)C(=O)O. The molecule has 2 amide bonds. The maximum atomic E-state index is 12.4. The Kier molecular flexibility index (Phi) is 6.65. The Bertz CT molecular complexity index is 1200. The van der Waals surface area contributed by atoms with Crippen LogP contribution in [0.15, 0.2) is 53.9 Å². The second-order valence-electron chi connectivity index (χ2n) is 8.39. The number of amides is 2. The number of carboxylic acid groups (broad SMARTS) is 1. The molecule has 0 radical (unpaired) electrons. The topological polar surface area (TPSA) is 118 Å². The Morgan fingerprint density at radius 2 is 1.71 bits per heavy atom. The van der Waals surface area contributed by atoms with Gasteiger partial charge in [-0.3, -0.25) is 14.9 Å². The summed E-state index contributed by atoms with van der Waals surface area (Å²) >= 11 is 1.09. The van der Waals surface area contributed by atoms with E-state index in [1.165, 1.54) is 5.38 Å². The van der Waals surface area contributed by atoms with Crippen molar-refractivity contribution in [2.45, 2.75) is 26.2 Å². The number of ether oxygens (including phenoxy) is 1. The van der Waals surface area contributed by atoms with Crippen LogP contribution in [0.3, 0.4) is 0 Å². The summed E-state index contributed by atoms with van der Waals surface area (Å²) in [6.07, 6.45) is -0.290. The third-order valence-corrected chi connectivity index (χ3v) is 6.98. The van der Waals surface area contributed by atoms with Crippen molar-refractivity contribution in [3.05, 3.63) is 70.7 Å². The van der Waals surface area contributed by atoms with E-state index in [-0.39, 0.29) is 29.9 Å². The molecule has 3 N–H and O–H groups in total. The summed E-state index contributed by atoms with van der Waals surface area (Å²) in [6.45, 7) is 3.47. The number of carbonyl (C=O) groups excluding carboxylic acids is 2. The molecule has 0 saturated carbocycles. The minimum Gasteiger partial charge on any atom is -0.481 e. The highest BCUT2D eigenvalue weighted by Gasteiger charge is 2.32. The second-order valence-corrected chi connectivity index (χ2v) is 9.25. The molecule has 0 bridgehead atoms. The first-order valence-electron chi connectivity index (χ1n) is 10.9. The summed E-state index contributed by atoms with van der Waals surface area (Å²) < 4.78 is 5.50. The Balaban J connectivity index is 1.34. The largest absolute Gasteiger partial charge is 0.481 e. The zero-order chi connectivity index (χ0) is 24.3. The third kappa shape index (κ3) is 4.65. The molecule has 4 rings (SSSR count). The number of benzene rings is 2. The van der Waals surface area contributed by atoms with E-state index in [0.717, 1.165) is 33.6 Å². The van der Waals surface area contributed by atoms with Gasteiger partial charge in [0, 0.05) is 17.8 Å². The number of fused-ring (bicyclic) bond motifs is 3.